The van der Waals surface area contributed by atoms with Crippen LogP contribution < -0.4 is 5.48 Å². The van der Waals surface area contributed by atoms with Gasteiger partial charge in [-0.3, -0.25) is 4.79 Å². The lowest BCUT2D eigenvalue weighted by Gasteiger charge is -2.02. The van der Waals surface area contributed by atoms with Crippen LogP contribution in [0, 0.1) is 0 Å². The van der Waals surface area contributed by atoms with Gasteiger partial charge in [0.1, 0.15) is 0 Å². The first-order chi connectivity index (χ1) is 6.31. The molecule has 0 bridgehead atoms. The molecule has 0 aliphatic carbocycles. The van der Waals surface area contributed by atoms with E-state index in [2.05, 4.69) is 10.3 Å². The zero-order valence-corrected chi connectivity index (χ0v) is 8.47. The van der Waals surface area contributed by atoms with E-state index < -0.39 is 0 Å². The Hall–Kier alpha value is -0.610. The summed E-state index contributed by atoms with van der Waals surface area (Å²) < 4.78 is 4.79. The Morgan fingerprint density at radius 2 is 2.08 bits per heavy atom. The fraction of sp³-hybridized carbons (Fsp3) is 0.889. The number of hydrogen-bond acceptors (Lipinski definition) is 4. The van der Waals surface area contributed by atoms with E-state index in [1.807, 2.05) is 6.92 Å². The number of nitrogens with one attached hydrogen (secondary N) is 1. The van der Waals surface area contributed by atoms with E-state index in [1.165, 1.54) is 0 Å². The van der Waals surface area contributed by atoms with Gasteiger partial charge in [-0.15, -0.1) is 0 Å². The van der Waals surface area contributed by atoms with E-state index in [-0.39, 0.29) is 5.97 Å². The highest BCUT2D eigenvalue weighted by Crippen LogP contribution is 2.00. The van der Waals surface area contributed by atoms with Crippen molar-refractivity contribution in [2.24, 2.45) is 0 Å². The van der Waals surface area contributed by atoms with Crippen LogP contribution in [0.3, 0.4) is 0 Å². The molecule has 0 radical (unpaired) electrons. The molecule has 78 valence electrons. The Kier molecular flexibility index (Phi) is 9.03. The van der Waals surface area contributed by atoms with Crippen molar-refractivity contribution in [3.63, 3.8) is 0 Å². The van der Waals surface area contributed by atoms with E-state index in [9.17, 15) is 4.79 Å². The van der Waals surface area contributed by atoms with E-state index in [0.29, 0.717) is 13.0 Å². The summed E-state index contributed by atoms with van der Waals surface area (Å²) in [6.45, 7) is 3.13. The second-order valence-electron chi connectivity index (χ2n) is 2.71. The van der Waals surface area contributed by atoms with E-state index >= 15 is 0 Å². The molecular formula is C9H19NO3. The average Bonchev–Trinajstić information content (AvgIpc) is 2.11. The van der Waals surface area contributed by atoms with Crippen LogP contribution in [0.15, 0.2) is 0 Å². The Morgan fingerprint density at radius 3 is 2.69 bits per heavy atom. The van der Waals surface area contributed by atoms with Crippen molar-refractivity contribution >= 4 is 5.97 Å². The molecule has 0 aromatic carbocycles. The summed E-state index contributed by atoms with van der Waals surface area (Å²) in [6.07, 6.45) is 3.47. The lowest BCUT2D eigenvalue weighted by Crippen LogP contribution is -2.13. The molecule has 0 heterocycles. The number of carbonyl (C=O) groups excluding carboxylic acids is 1. The summed E-state index contributed by atoms with van der Waals surface area (Å²) in [5.74, 6) is -0.0952. The fourth-order valence-corrected chi connectivity index (χ4v) is 0.979. The highest BCUT2D eigenvalue weighted by atomic mass is 16.6. The summed E-state index contributed by atoms with van der Waals surface area (Å²) >= 11 is 0. The van der Waals surface area contributed by atoms with Crippen LogP contribution in [0.25, 0.3) is 0 Å². The maximum Gasteiger partial charge on any atom is 0.305 e. The number of hydrogen-bond donors (Lipinski definition) is 1. The molecule has 0 fully saturated rings. The highest BCUT2D eigenvalue weighted by Gasteiger charge is 1.99. The Morgan fingerprint density at radius 1 is 1.31 bits per heavy atom. The predicted molar refractivity (Wildman–Crippen MR) is 50.1 cm³/mol. The maximum atomic E-state index is 10.9. The summed E-state index contributed by atoms with van der Waals surface area (Å²) in [6, 6.07) is 0. The number of rotatable bonds is 8. The first-order valence-corrected chi connectivity index (χ1v) is 4.72. The van der Waals surface area contributed by atoms with Gasteiger partial charge >= 0.3 is 5.97 Å². The minimum absolute atomic E-state index is 0.0952. The second-order valence-corrected chi connectivity index (χ2v) is 2.71. The molecule has 0 aromatic heterocycles. The van der Waals surface area contributed by atoms with Gasteiger partial charge in [-0.05, 0) is 19.8 Å². The van der Waals surface area contributed by atoms with E-state index in [4.69, 9.17) is 4.74 Å². The van der Waals surface area contributed by atoms with Gasteiger partial charge < -0.3 is 9.57 Å². The average molecular weight is 189 g/mol. The topological polar surface area (TPSA) is 47.6 Å². The highest BCUT2D eigenvalue weighted by molar-refractivity contribution is 5.69. The molecule has 0 unspecified atom stereocenters. The standard InChI is InChI=1S/C9H19NO3/c1-3-13-9(11)7-5-4-6-8-10-12-2/h10H,3-8H2,1-2H3. The molecule has 4 heteroatoms. The van der Waals surface area contributed by atoms with Crippen LogP contribution in [-0.2, 0) is 14.4 Å². The minimum Gasteiger partial charge on any atom is -0.466 e. The number of ether oxygens (including phenoxy) is 1. The van der Waals surface area contributed by atoms with E-state index in [1.54, 1.807) is 7.11 Å². The van der Waals surface area contributed by atoms with Crippen molar-refractivity contribution in [1.82, 2.24) is 5.48 Å². The Labute approximate surface area is 79.6 Å². The SMILES string of the molecule is CCOC(=O)CCCCCNOC. The smallest absolute Gasteiger partial charge is 0.305 e. The van der Waals surface area contributed by atoms with Gasteiger partial charge in [0.15, 0.2) is 0 Å². The van der Waals surface area contributed by atoms with Gasteiger partial charge in [0.25, 0.3) is 0 Å². The molecule has 1 N–H and O–H groups in total. The van der Waals surface area contributed by atoms with Crippen molar-refractivity contribution in [3.8, 4) is 0 Å². The van der Waals surface area contributed by atoms with Crippen LogP contribution >= 0.6 is 0 Å². The number of unbranched alkanes of at least 4 members (excludes halogenated alkanes) is 2. The van der Waals surface area contributed by atoms with Crippen molar-refractivity contribution in [2.45, 2.75) is 32.6 Å². The quantitative estimate of drug-likeness (QED) is 0.355. The molecule has 0 atom stereocenters. The first kappa shape index (κ1) is 12.4. The third-order valence-corrected chi connectivity index (χ3v) is 1.61. The molecule has 0 amide bonds. The molecule has 0 aliphatic heterocycles. The molecule has 0 aliphatic rings. The lowest BCUT2D eigenvalue weighted by molar-refractivity contribution is -0.143. The summed E-state index contributed by atoms with van der Waals surface area (Å²) in [5, 5.41) is 0. The Bertz CT molecular complexity index is 128. The van der Waals surface area contributed by atoms with Gasteiger partial charge in [0, 0.05) is 13.0 Å². The van der Waals surface area contributed by atoms with Gasteiger partial charge in [-0.2, -0.15) is 0 Å². The molecule has 0 saturated heterocycles. The zero-order valence-electron chi connectivity index (χ0n) is 8.47. The molecule has 13 heavy (non-hydrogen) atoms. The fourth-order valence-electron chi connectivity index (χ4n) is 0.979. The maximum absolute atomic E-state index is 10.9. The van der Waals surface area contributed by atoms with Gasteiger partial charge in [-0.1, -0.05) is 6.42 Å². The van der Waals surface area contributed by atoms with Crippen LogP contribution in [0.2, 0.25) is 0 Å². The Balaban J connectivity index is 3.02. The van der Waals surface area contributed by atoms with E-state index in [0.717, 1.165) is 25.8 Å². The van der Waals surface area contributed by atoms with Crippen LogP contribution in [0.1, 0.15) is 32.6 Å². The van der Waals surface area contributed by atoms with Crippen molar-refractivity contribution in [2.75, 3.05) is 20.3 Å². The first-order valence-electron chi connectivity index (χ1n) is 4.72. The van der Waals surface area contributed by atoms with Gasteiger partial charge in [0.2, 0.25) is 0 Å². The predicted octanol–water partition coefficient (Wildman–Crippen LogP) is 1.26. The normalized spacial score (nSPS) is 10.0. The summed E-state index contributed by atoms with van der Waals surface area (Å²) in [7, 11) is 1.60. The van der Waals surface area contributed by atoms with Crippen LogP contribution in [-0.4, -0.2) is 26.2 Å². The largest absolute Gasteiger partial charge is 0.466 e. The van der Waals surface area contributed by atoms with Crippen molar-refractivity contribution in [1.29, 1.82) is 0 Å². The number of hydroxylamine groups is 1. The molecule has 4 nitrogen and oxygen atoms in total. The summed E-state index contributed by atoms with van der Waals surface area (Å²) in [4.78, 5) is 15.5. The molecule has 0 saturated carbocycles. The molecule has 0 rings (SSSR count). The van der Waals surface area contributed by atoms with Crippen LogP contribution in [0.4, 0.5) is 0 Å². The third-order valence-electron chi connectivity index (χ3n) is 1.61. The van der Waals surface area contributed by atoms with Crippen LogP contribution in [0.5, 0.6) is 0 Å². The zero-order chi connectivity index (χ0) is 9.94. The van der Waals surface area contributed by atoms with Gasteiger partial charge in [-0.25, -0.2) is 5.48 Å². The number of esters is 1. The number of carbonyl (C=O) groups is 1. The second kappa shape index (κ2) is 9.48. The van der Waals surface area contributed by atoms with Crippen molar-refractivity contribution < 1.29 is 14.4 Å². The minimum atomic E-state index is -0.0952. The molecule has 0 spiro atoms. The summed E-state index contributed by atoms with van der Waals surface area (Å²) in [5.41, 5.74) is 2.75. The van der Waals surface area contributed by atoms with Gasteiger partial charge in [0.05, 0.1) is 13.7 Å². The van der Waals surface area contributed by atoms with Crippen molar-refractivity contribution in [3.05, 3.63) is 0 Å². The monoisotopic (exact) mass is 189 g/mol. The molecular weight excluding hydrogens is 170 g/mol. The molecule has 0 aromatic rings. The lowest BCUT2D eigenvalue weighted by atomic mass is 10.2. The third kappa shape index (κ3) is 9.30.